The van der Waals surface area contributed by atoms with Crippen molar-refractivity contribution < 1.29 is 31.6 Å². The van der Waals surface area contributed by atoms with E-state index in [1.54, 1.807) is 25.1 Å². The number of aromatic nitrogens is 3. The molecule has 1 saturated carbocycles. The number of oxazole rings is 1. The van der Waals surface area contributed by atoms with Crippen molar-refractivity contribution in [3.05, 3.63) is 46.1 Å². The number of alkyl halides is 3. The molecule has 1 aromatic carbocycles. The molecule has 2 heterocycles. The van der Waals surface area contributed by atoms with Crippen molar-refractivity contribution in [1.29, 1.82) is 0 Å². The molecular weight excluding hydrogens is 455 g/mol. The van der Waals surface area contributed by atoms with Crippen LogP contribution in [-0.2, 0) is 0 Å². The maximum atomic E-state index is 13.0. The van der Waals surface area contributed by atoms with Crippen LogP contribution in [0.2, 0.25) is 0 Å². The third-order valence-electron chi connectivity index (χ3n) is 6.20. The second-order valence-corrected chi connectivity index (χ2v) is 8.41. The van der Waals surface area contributed by atoms with Crippen LogP contribution < -0.4 is 15.2 Å². The minimum Gasteiger partial charge on any atom is -0.496 e. The largest absolute Gasteiger partial charge is 0.496 e. The normalized spacial score (nSPS) is 19.7. The molecule has 2 aromatic heterocycles. The zero-order valence-electron chi connectivity index (χ0n) is 19.1. The Kier molecular flexibility index (Phi) is 6.72. The summed E-state index contributed by atoms with van der Waals surface area (Å²) in [5.41, 5.74) is 1.19. The quantitative estimate of drug-likeness (QED) is 0.462. The van der Waals surface area contributed by atoms with Gasteiger partial charge in [-0.3, -0.25) is 9.51 Å². The van der Waals surface area contributed by atoms with Gasteiger partial charge in [0.25, 0.3) is 0 Å². The van der Waals surface area contributed by atoms with Gasteiger partial charge in [-0.05, 0) is 51.2 Å². The molecule has 3 aromatic rings. The Morgan fingerprint density at radius 1 is 1.24 bits per heavy atom. The van der Waals surface area contributed by atoms with Gasteiger partial charge in [-0.1, -0.05) is 12.1 Å². The highest BCUT2D eigenvalue weighted by atomic mass is 19.4. The smallest absolute Gasteiger partial charge is 0.439 e. The molecule has 4 rings (SSSR count). The summed E-state index contributed by atoms with van der Waals surface area (Å²) < 4.78 is 61.1. The molecule has 1 aliphatic rings. The van der Waals surface area contributed by atoms with E-state index in [1.807, 2.05) is 6.92 Å². The summed E-state index contributed by atoms with van der Waals surface area (Å²) in [6.07, 6.45) is -3.06. The molecule has 0 radical (unpaired) electrons. The average molecular weight is 481 g/mol. The van der Waals surface area contributed by atoms with Crippen molar-refractivity contribution in [2.75, 3.05) is 7.11 Å². The lowest BCUT2D eigenvalue weighted by Gasteiger charge is -2.28. The van der Waals surface area contributed by atoms with Gasteiger partial charge in [0.1, 0.15) is 11.5 Å². The molecule has 1 aliphatic carbocycles. The molecular formula is C23H26F3N3O5. The van der Waals surface area contributed by atoms with E-state index in [1.165, 1.54) is 7.11 Å². The van der Waals surface area contributed by atoms with Gasteiger partial charge in [-0.2, -0.15) is 13.2 Å². The minimum atomic E-state index is -4.15. The summed E-state index contributed by atoms with van der Waals surface area (Å²) in [5, 5.41) is 3.68. The lowest BCUT2D eigenvalue weighted by molar-refractivity contribution is -0.182. The maximum Gasteiger partial charge on any atom is 0.439 e. The first-order valence-electron chi connectivity index (χ1n) is 11.1. The number of hydrogen-bond acceptors (Lipinski definition) is 7. The van der Waals surface area contributed by atoms with Crippen LogP contribution in [0.5, 0.6) is 11.5 Å². The standard InChI is InChI=1S/C23H26F3N3O5/c1-4-17(32-15-9-10-16(18(11-15)31-3)20-28-22(30)34-29-20)19-12(2)27-21(33-19)13-5-7-14(8-6-13)23(24,25)26/h9-11,13-14,17H,4-8H2,1-3H3,(H,28,29,30)/t13-,14-,17?. The van der Waals surface area contributed by atoms with E-state index in [4.69, 9.17) is 13.9 Å². The van der Waals surface area contributed by atoms with E-state index in [0.29, 0.717) is 53.7 Å². The molecule has 1 unspecified atom stereocenters. The lowest BCUT2D eigenvalue weighted by atomic mass is 9.81. The Bertz CT molecular complexity index is 1180. The van der Waals surface area contributed by atoms with Crippen LogP contribution in [0.3, 0.4) is 0 Å². The summed E-state index contributed by atoms with van der Waals surface area (Å²) in [6.45, 7) is 3.74. The monoisotopic (exact) mass is 481 g/mol. The number of benzene rings is 1. The second-order valence-electron chi connectivity index (χ2n) is 8.41. The van der Waals surface area contributed by atoms with Crippen molar-refractivity contribution in [2.45, 2.75) is 64.1 Å². The second kappa shape index (κ2) is 9.55. The van der Waals surface area contributed by atoms with Gasteiger partial charge in [0, 0.05) is 12.0 Å². The van der Waals surface area contributed by atoms with E-state index in [-0.39, 0.29) is 24.6 Å². The Morgan fingerprint density at radius 2 is 1.97 bits per heavy atom. The van der Waals surface area contributed by atoms with Crippen LogP contribution in [0.15, 0.2) is 31.9 Å². The summed E-state index contributed by atoms with van der Waals surface area (Å²) in [4.78, 5) is 18.3. The minimum absolute atomic E-state index is 0.0849. The van der Waals surface area contributed by atoms with Crippen LogP contribution in [-0.4, -0.2) is 28.4 Å². The van der Waals surface area contributed by atoms with Gasteiger partial charge in [0.15, 0.2) is 23.6 Å². The first-order chi connectivity index (χ1) is 16.2. The van der Waals surface area contributed by atoms with Crippen molar-refractivity contribution >= 4 is 0 Å². The molecule has 184 valence electrons. The van der Waals surface area contributed by atoms with Gasteiger partial charge in [-0.15, -0.1) is 0 Å². The van der Waals surface area contributed by atoms with Crippen LogP contribution in [0.25, 0.3) is 11.4 Å². The fourth-order valence-corrected chi connectivity index (χ4v) is 4.34. The number of aromatic amines is 1. The number of nitrogens with one attached hydrogen (secondary N) is 1. The Balaban J connectivity index is 1.50. The number of H-pyrrole nitrogens is 1. The zero-order valence-corrected chi connectivity index (χ0v) is 19.1. The number of hydrogen-bond donors (Lipinski definition) is 1. The molecule has 1 atom stereocenters. The molecule has 0 amide bonds. The van der Waals surface area contributed by atoms with E-state index in [0.717, 1.165) is 0 Å². The molecule has 0 saturated heterocycles. The summed E-state index contributed by atoms with van der Waals surface area (Å²) in [5.74, 6) is 0.127. The van der Waals surface area contributed by atoms with Gasteiger partial charge in [0.05, 0.1) is 24.3 Å². The predicted molar refractivity (Wildman–Crippen MR) is 115 cm³/mol. The number of rotatable bonds is 7. The number of halogens is 3. The molecule has 34 heavy (non-hydrogen) atoms. The van der Waals surface area contributed by atoms with Gasteiger partial charge in [-0.25, -0.2) is 9.78 Å². The fourth-order valence-electron chi connectivity index (χ4n) is 4.34. The summed E-state index contributed by atoms with van der Waals surface area (Å²) >= 11 is 0. The Morgan fingerprint density at radius 3 is 2.56 bits per heavy atom. The van der Waals surface area contributed by atoms with Gasteiger partial charge < -0.3 is 13.9 Å². The highest BCUT2D eigenvalue weighted by molar-refractivity contribution is 5.65. The number of ether oxygens (including phenoxy) is 2. The van der Waals surface area contributed by atoms with Crippen molar-refractivity contribution in [1.82, 2.24) is 15.1 Å². The van der Waals surface area contributed by atoms with E-state index >= 15 is 0 Å². The zero-order chi connectivity index (χ0) is 24.5. The van der Waals surface area contributed by atoms with Crippen LogP contribution in [0.4, 0.5) is 13.2 Å². The topological polar surface area (TPSA) is 103 Å². The highest BCUT2D eigenvalue weighted by Crippen LogP contribution is 2.43. The van der Waals surface area contributed by atoms with Crippen molar-refractivity contribution in [2.24, 2.45) is 5.92 Å². The fraction of sp³-hybridized carbons (Fsp3) is 0.522. The number of methoxy groups -OCH3 is 1. The molecule has 0 aliphatic heterocycles. The third-order valence-corrected chi connectivity index (χ3v) is 6.20. The molecule has 0 spiro atoms. The average Bonchev–Trinajstić information content (AvgIpc) is 3.42. The third kappa shape index (κ3) is 4.97. The summed E-state index contributed by atoms with van der Waals surface area (Å²) in [6, 6.07) is 5.06. The molecule has 11 heteroatoms. The predicted octanol–water partition coefficient (Wildman–Crippen LogP) is 5.70. The first-order valence-corrected chi connectivity index (χ1v) is 11.1. The molecule has 8 nitrogen and oxygen atoms in total. The molecule has 1 N–H and O–H groups in total. The molecule has 0 bridgehead atoms. The van der Waals surface area contributed by atoms with Crippen molar-refractivity contribution in [3.8, 4) is 22.9 Å². The molecule has 1 fully saturated rings. The van der Waals surface area contributed by atoms with E-state index < -0.39 is 24.0 Å². The maximum absolute atomic E-state index is 13.0. The highest BCUT2D eigenvalue weighted by Gasteiger charge is 2.42. The van der Waals surface area contributed by atoms with E-state index in [2.05, 4.69) is 19.6 Å². The number of aryl methyl sites for hydroxylation is 1. The van der Waals surface area contributed by atoms with Crippen molar-refractivity contribution in [3.63, 3.8) is 0 Å². The van der Waals surface area contributed by atoms with Crippen LogP contribution >= 0.6 is 0 Å². The van der Waals surface area contributed by atoms with Gasteiger partial charge >= 0.3 is 11.9 Å². The SMILES string of the molecule is CCC(Oc1ccc(-c2noc(=O)[nH]2)c(OC)c1)c1oc([C@H]2CC[C@H](C(F)(F)F)CC2)nc1C. The van der Waals surface area contributed by atoms with E-state index in [9.17, 15) is 18.0 Å². The van der Waals surface area contributed by atoms with Crippen LogP contribution in [0, 0.1) is 12.8 Å². The first kappa shape index (κ1) is 23.9. The lowest BCUT2D eigenvalue weighted by Crippen LogP contribution is -2.27. The van der Waals surface area contributed by atoms with Crippen LogP contribution in [0.1, 0.15) is 68.4 Å². The van der Waals surface area contributed by atoms with Gasteiger partial charge in [0.2, 0.25) is 0 Å². The summed E-state index contributed by atoms with van der Waals surface area (Å²) in [7, 11) is 1.48. The Hall–Kier alpha value is -3.24. The Labute approximate surface area is 193 Å². The number of nitrogens with zero attached hydrogens (tertiary/aromatic N) is 2.